The summed E-state index contributed by atoms with van der Waals surface area (Å²) in [6.07, 6.45) is 7.81. The molecule has 2 aromatic carbocycles. The Hall–Kier alpha value is -4.40. The summed E-state index contributed by atoms with van der Waals surface area (Å²) in [5.74, 6) is 0.939. The molecule has 0 radical (unpaired) electrons. The summed E-state index contributed by atoms with van der Waals surface area (Å²) in [7, 11) is 3.03. The third-order valence-electron chi connectivity index (χ3n) is 5.89. The number of anilines is 2. The standard InChI is InChI=1S/C26H28N6O3/c1-4-21-19-8-6-5-7-17(19)15-30-32(21)10-9-22(33)20-12-16(13-23(34-2)24(20)35-3)11-18-14-29-26(28)31-25(18)27/h5-10,12-15,21H,4,11H2,1-3H3,(H4,27,28,29,31). The van der Waals surface area contributed by atoms with Crippen molar-refractivity contribution in [2.24, 2.45) is 5.10 Å². The average Bonchev–Trinajstić information content (AvgIpc) is 2.87. The van der Waals surface area contributed by atoms with Crippen molar-refractivity contribution in [2.45, 2.75) is 25.8 Å². The van der Waals surface area contributed by atoms with Gasteiger partial charge in [0, 0.05) is 30.5 Å². The molecule has 1 unspecified atom stereocenters. The first-order valence-corrected chi connectivity index (χ1v) is 11.2. The van der Waals surface area contributed by atoms with Crippen molar-refractivity contribution in [1.29, 1.82) is 0 Å². The van der Waals surface area contributed by atoms with Crippen molar-refractivity contribution < 1.29 is 14.3 Å². The molecule has 4 N–H and O–H groups in total. The van der Waals surface area contributed by atoms with Crippen LogP contribution in [0.15, 0.2) is 60.0 Å². The largest absolute Gasteiger partial charge is 0.493 e. The molecular formula is C26H28N6O3. The minimum absolute atomic E-state index is 0.0384. The Bertz CT molecular complexity index is 1300. The maximum atomic E-state index is 13.3. The first-order chi connectivity index (χ1) is 16.9. The highest BCUT2D eigenvalue weighted by atomic mass is 16.5. The number of carbonyl (C=O) groups is 1. The zero-order valence-electron chi connectivity index (χ0n) is 19.9. The predicted octanol–water partition coefficient (Wildman–Crippen LogP) is 3.75. The highest BCUT2D eigenvalue weighted by Gasteiger charge is 2.23. The van der Waals surface area contributed by atoms with E-state index in [0.717, 1.165) is 17.5 Å². The average molecular weight is 473 g/mol. The van der Waals surface area contributed by atoms with E-state index in [1.165, 1.54) is 25.9 Å². The van der Waals surface area contributed by atoms with Crippen molar-refractivity contribution in [3.05, 3.63) is 82.7 Å². The minimum atomic E-state index is -0.243. The minimum Gasteiger partial charge on any atom is -0.493 e. The molecule has 180 valence electrons. The van der Waals surface area contributed by atoms with Crippen LogP contribution < -0.4 is 20.9 Å². The SMILES string of the molecule is CCC1c2ccccc2C=NN1C=CC(=O)c1cc(Cc2cnc(N)nc2N)cc(OC)c1OC. The molecule has 3 aromatic rings. The van der Waals surface area contributed by atoms with Crippen LogP contribution in [0.4, 0.5) is 11.8 Å². The van der Waals surface area contributed by atoms with Gasteiger partial charge in [-0.2, -0.15) is 10.1 Å². The highest BCUT2D eigenvalue weighted by molar-refractivity contribution is 6.07. The second-order valence-electron chi connectivity index (χ2n) is 8.05. The fourth-order valence-electron chi connectivity index (χ4n) is 4.16. The van der Waals surface area contributed by atoms with Gasteiger partial charge in [0.05, 0.1) is 32.0 Å². The van der Waals surface area contributed by atoms with Crippen LogP contribution >= 0.6 is 0 Å². The Morgan fingerprint density at radius 2 is 1.97 bits per heavy atom. The molecule has 1 aliphatic rings. The van der Waals surface area contributed by atoms with E-state index in [9.17, 15) is 4.79 Å². The van der Waals surface area contributed by atoms with Gasteiger partial charge in [-0.15, -0.1) is 0 Å². The number of nitrogens with two attached hydrogens (primary N) is 2. The second-order valence-corrected chi connectivity index (χ2v) is 8.05. The number of hydrazone groups is 1. The Kier molecular flexibility index (Phi) is 6.96. The van der Waals surface area contributed by atoms with E-state index in [0.29, 0.717) is 29.0 Å². The number of nitrogens with zero attached hydrogens (tertiary/aromatic N) is 4. The Morgan fingerprint density at radius 1 is 1.17 bits per heavy atom. The zero-order valence-corrected chi connectivity index (χ0v) is 19.9. The summed E-state index contributed by atoms with van der Waals surface area (Å²) in [4.78, 5) is 21.3. The molecule has 9 heteroatoms. The molecule has 1 aliphatic heterocycles. The number of hydrogen-bond donors (Lipinski definition) is 2. The van der Waals surface area contributed by atoms with Crippen molar-refractivity contribution in [3.8, 4) is 11.5 Å². The lowest BCUT2D eigenvalue weighted by molar-refractivity contribution is 0.104. The van der Waals surface area contributed by atoms with Gasteiger partial charge >= 0.3 is 0 Å². The van der Waals surface area contributed by atoms with Gasteiger partial charge in [0.1, 0.15) is 5.82 Å². The summed E-state index contributed by atoms with van der Waals surface area (Å²) in [5, 5.41) is 6.34. The van der Waals surface area contributed by atoms with Gasteiger partial charge in [-0.1, -0.05) is 31.2 Å². The molecule has 1 aromatic heterocycles. The van der Waals surface area contributed by atoms with E-state index in [4.69, 9.17) is 20.9 Å². The molecule has 0 amide bonds. The number of ketones is 1. The third-order valence-corrected chi connectivity index (χ3v) is 5.89. The summed E-state index contributed by atoms with van der Waals surface area (Å²) in [5.41, 5.74) is 15.7. The lowest BCUT2D eigenvalue weighted by Crippen LogP contribution is -2.23. The van der Waals surface area contributed by atoms with Gasteiger partial charge in [-0.3, -0.25) is 9.80 Å². The quantitative estimate of drug-likeness (QED) is 0.375. The van der Waals surface area contributed by atoms with E-state index in [1.807, 2.05) is 18.2 Å². The third kappa shape index (κ3) is 4.93. The number of hydrogen-bond acceptors (Lipinski definition) is 9. The number of ether oxygens (including phenoxy) is 2. The molecule has 0 saturated carbocycles. The van der Waals surface area contributed by atoms with Gasteiger partial charge in [0.15, 0.2) is 17.3 Å². The van der Waals surface area contributed by atoms with E-state index in [2.05, 4.69) is 28.1 Å². The van der Waals surface area contributed by atoms with Crippen LogP contribution in [0.2, 0.25) is 0 Å². The van der Waals surface area contributed by atoms with Crippen LogP contribution in [0.1, 0.15) is 52.0 Å². The van der Waals surface area contributed by atoms with E-state index >= 15 is 0 Å². The zero-order chi connectivity index (χ0) is 24.9. The lowest BCUT2D eigenvalue weighted by Gasteiger charge is -2.30. The molecule has 0 spiro atoms. The Labute approximate surface area is 204 Å². The van der Waals surface area contributed by atoms with Crippen molar-refractivity contribution >= 4 is 23.8 Å². The number of methoxy groups -OCH3 is 2. The van der Waals surface area contributed by atoms with Crippen molar-refractivity contribution in [1.82, 2.24) is 15.0 Å². The molecule has 2 heterocycles. The number of aromatic nitrogens is 2. The van der Waals surface area contributed by atoms with Crippen LogP contribution in [-0.4, -0.2) is 41.2 Å². The number of benzene rings is 2. The highest BCUT2D eigenvalue weighted by Crippen LogP contribution is 2.35. The van der Waals surface area contributed by atoms with Gasteiger partial charge < -0.3 is 20.9 Å². The molecule has 0 saturated heterocycles. The van der Waals surface area contributed by atoms with Crippen LogP contribution in [0.25, 0.3) is 0 Å². The molecule has 0 aliphatic carbocycles. The lowest BCUT2D eigenvalue weighted by atomic mass is 9.97. The fraction of sp³-hybridized carbons (Fsp3) is 0.231. The first-order valence-electron chi connectivity index (χ1n) is 11.2. The molecule has 0 bridgehead atoms. The second kappa shape index (κ2) is 10.3. The van der Waals surface area contributed by atoms with E-state index in [-0.39, 0.29) is 23.6 Å². The summed E-state index contributed by atoms with van der Waals surface area (Å²) >= 11 is 0. The number of allylic oxidation sites excluding steroid dienone is 1. The predicted molar refractivity (Wildman–Crippen MR) is 136 cm³/mol. The molecule has 1 atom stereocenters. The Balaban J connectivity index is 1.64. The number of nitrogen functional groups attached to an aromatic ring is 2. The maximum absolute atomic E-state index is 13.3. The molecule has 35 heavy (non-hydrogen) atoms. The van der Waals surface area contributed by atoms with Crippen LogP contribution in [0.3, 0.4) is 0 Å². The smallest absolute Gasteiger partial charge is 0.221 e. The normalized spacial score (nSPS) is 14.7. The molecular weight excluding hydrogens is 444 g/mol. The molecule has 0 fully saturated rings. The van der Waals surface area contributed by atoms with Crippen LogP contribution in [0.5, 0.6) is 11.5 Å². The van der Waals surface area contributed by atoms with Gasteiger partial charge in [-0.05, 0) is 35.2 Å². The first kappa shape index (κ1) is 23.7. The summed E-state index contributed by atoms with van der Waals surface area (Å²) < 4.78 is 11.0. The van der Waals surface area contributed by atoms with Crippen molar-refractivity contribution in [3.63, 3.8) is 0 Å². The van der Waals surface area contributed by atoms with Gasteiger partial charge in [-0.25, -0.2) is 4.98 Å². The monoisotopic (exact) mass is 472 g/mol. The van der Waals surface area contributed by atoms with E-state index < -0.39 is 0 Å². The van der Waals surface area contributed by atoms with Gasteiger partial charge in [0.2, 0.25) is 5.95 Å². The van der Waals surface area contributed by atoms with Crippen molar-refractivity contribution in [2.75, 3.05) is 25.7 Å². The molecule has 9 nitrogen and oxygen atoms in total. The van der Waals surface area contributed by atoms with Crippen LogP contribution in [-0.2, 0) is 6.42 Å². The topological polar surface area (TPSA) is 129 Å². The summed E-state index contributed by atoms with van der Waals surface area (Å²) in [6.45, 7) is 2.09. The van der Waals surface area contributed by atoms with Gasteiger partial charge in [0.25, 0.3) is 0 Å². The Morgan fingerprint density at radius 3 is 2.69 bits per heavy atom. The maximum Gasteiger partial charge on any atom is 0.221 e. The number of rotatable bonds is 8. The molecule has 4 rings (SSSR count). The van der Waals surface area contributed by atoms with E-state index in [1.54, 1.807) is 35.8 Å². The summed E-state index contributed by atoms with van der Waals surface area (Å²) in [6, 6.07) is 11.7. The van der Waals surface area contributed by atoms with Crippen LogP contribution in [0, 0.1) is 0 Å². The number of fused-ring (bicyclic) bond motifs is 1. The fourth-order valence-corrected chi connectivity index (χ4v) is 4.16. The number of carbonyl (C=O) groups excluding carboxylic acids is 1.